The van der Waals surface area contributed by atoms with E-state index in [2.05, 4.69) is 20.9 Å². The van der Waals surface area contributed by atoms with Gasteiger partial charge in [0.15, 0.2) is 0 Å². The molecule has 0 radical (unpaired) electrons. The highest BCUT2D eigenvalue weighted by Gasteiger charge is 2.02. The van der Waals surface area contributed by atoms with E-state index in [0.717, 1.165) is 27.1 Å². The Balaban J connectivity index is 1.60. The van der Waals surface area contributed by atoms with Crippen LogP contribution in [-0.4, -0.2) is 16.5 Å². The van der Waals surface area contributed by atoms with E-state index in [4.69, 9.17) is 9.47 Å². The monoisotopic (exact) mass is 346 g/mol. The standard InChI is InChI=1S/C16H15BrN2O2/c1-20-15-5-2-12(3-6-15)10-21-11-14-9-19-8-13(17)4-7-16(19)18-14/h2-9H,10-11H2,1H3. The summed E-state index contributed by atoms with van der Waals surface area (Å²) < 4.78 is 13.8. The Kier molecular flexibility index (Phi) is 4.22. The molecule has 0 atom stereocenters. The fourth-order valence-corrected chi connectivity index (χ4v) is 2.43. The molecule has 5 heteroatoms. The number of halogens is 1. The van der Waals surface area contributed by atoms with E-state index in [-0.39, 0.29) is 0 Å². The van der Waals surface area contributed by atoms with Crippen LogP contribution >= 0.6 is 15.9 Å². The Labute approximate surface area is 131 Å². The maximum atomic E-state index is 5.71. The molecule has 0 saturated heterocycles. The number of ether oxygens (including phenoxy) is 2. The van der Waals surface area contributed by atoms with Gasteiger partial charge in [0.25, 0.3) is 0 Å². The average molecular weight is 347 g/mol. The van der Waals surface area contributed by atoms with Gasteiger partial charge < -0.3 is 13.9 Å². The molecule has 0 aliphatic rings. The van der Waals surface area contributed by atoms with Crippen LogP contribution < -0.4 is 4.74 Å². The van der Waals surface area contributed by atoms with Crippen molar-refractivity contribution in [1.29, 1.82) is 0 Å². The molecule has 108 valence electrons. The molecular formula is C16H15BrN2O2. The maximum absolute atomic E-state index is 5.71. The van der Waals surface area contributed by atoms with Gasteiger partial charge >= 0.3 is 0 Å². The fraction of sp³-hybridized carbons (Fsp3) is 0.188. The summed E-state index contributed by atoms with van der Waals surface area (Å²) in [6, 6.07) is 11.8. The van der Waals surface area contributed by atoms with Gasteiger partial charge in [0.2, 0.25) is 0 Å². The molecule has 4 nitrogen and oxygen atoms in total. The second-order valence-electron chi connectivity index (χ2n) is 4.69. The molecule has 3 rings (SSSR count). The first-order valence-electron chi connectivity index (χ1n) is 6.58. The highest BCUT2D eigenvalue weighted by molar-refractivity contribution is 9.10. The van der Waals surface area contributed by atoms with Crippen LogP contribution in [0.5, 0.6) is 5.75 Å². The number of aromatic nitrogens is 2. The first-order valence-corrected chi connectivity index (χ1v) is 7.38. The van der Waals surface area contributed by atoms with E-state index >= 15 is 0 Å². The summed E-state index contributed by atoms with van der Waals surface area (Å²) in [5, 5.41) is 0. The van der Waals surface area contributed by atoms with Crippen molar-refractivity contribution in [2.75, 3.05) is 7.11 Å². The van der Waals surface area contributed by atoms with Gasteiger partial charge in [-0.15, -0.1) is 0 Å². The summed E-state index contributed by atoms with van der Waals surface area (Å²) in [6.07, 6.45) is 3.96. The lowest BCUT2D eigenvalue weighted by Gasteiger charge is -2.04. The van der Waals surface area contributed by atoms with Crippen molar-refractivity contribution in [2.24, 2.45) is 0 Å². The molecular weight excluding hydrogens is 332 g/mol. The second-order valence-corrected chi connectivity index (χ2v) is 5.60. The van der Waals surface area contributed by atoms with Crippen LogP contribution in [0.3, 0.4) is 0 Å². The zero-order valence-corrected chi connectivity index (χ0v) is 13.2. The molecule has 0 fully saturated rings. The van der Waals surface area contributed by atoms with E-state index in [1.807, 2.05) is 53.2 Å². The quantitative estimate of drug-likeness (QED) is 0.704. The number of hydrogen-bond donors (Lipinski definition) is 0. The average Bonchev–Trinajstić information content (AvgIpc) is 2.89. The van der Waals surface area contributed by atoms with Gasteiger partial charge in [-0.05, 0) is 45.8 Å². The Morgan fingerprint density at radius 3 is 2.62 bits per heavy atom. The summed E-state index contributed by atoms with van der Waals surface area (Å²) in [5.41, 5.74) is 2.95. The number of methoxy groups -OCH3 is 1. The third-order valence-corrected chi connectivity index (χ3v) is 3.61. The number of hydrogen-bond acceptors (Lipinski definition) is 3. The van der Waals surface area contributed by atoms with Crippen molar-refractivity contribution in [3.8, 4) is 5.75 Å². The van der Waals surface area contributed by atoms with Crippen LogP contribution in [0.4, 0.5) is 0 Å². The molecule has 21 heavy (non-hydrogen) atoms. The number of fused-ring (bicyclic) bond motifs is 1. The Hall–Kier alpha value is -1.85. The minimum Gasteiger partial charge on any atom is -0.497 e. The highest BCUT2D eigenvalue weighted by atomic mass is 79.9. The van der Waals surface area contributed by atoms with Crippen LogP contribution in [0.1, 0.15) is 11.3 Å². The molecule has 0 saturated carbocycles. The van der Waals surface area contributed by atoms with Crippen LogP contribution in [-0.2, 0) is 18.0 Å². The predicted octanol–water partition coefficient (Wildman–Crippen LogP) is 3.82. The van der Waals surface area contributed by atoms with Crippen molar-refractivity contribution < 1.29 is 9.47 Å². The van der Waals surface area contributed by atoms with Gasteiger partial charge in [0.05, 0.1) is 26.0 Å². The minimum absolute atomic E-state index is 0.491. The Morgan fingerprint density at radius 2 is 1.86 bits per heavy atom. The van der Waals surface area contributed by atoms with Gasteiger partial charge in [0.1, 0.15) is 11.4 Å². The molecule has 0 unspecified atom stereocenters. The van der Waals surface area contributed by atoms with Gasteiger partial charge in [0, 0.05) is 16.9 Å². The number of nitrogens with zero attached hydrogens (tertiary/aromatic N) is 2. The van der Waals surface area contributed by atoms with Crippen molar-refractivity contribution in [2.45, 2.75) is 13.2 Å². The van der Waals surface area contributed by atoms with E-state index in [9.17, 15) is 0 Å². The first kappa shape index (κ1) is 14.1. The molecule has 0 aliphatic carbocycles. The third kappa shape index (κ3) is 3.43. The van der Waals surface area contributed by atoms with Crippen molar-refractivity contribution >= 4 is 21.6 Å². The number of benzene rings is 1. The Morgan fingerprint density at radius 1 is 1.05 bits per heavy atom. The molecule has 0 bridgehead atoms. The molecule has 1 aromatic carbocycles. The van der Waals surface area contributed by atoms with E-state index < -0.39 is 0 Å². The number of pyridine rings is 1. The van der Waals surface area contributed by atoms with Crippen molar-refractivity contribution in [1.82, 2.24) is 9.38 Å². The SMILES string of the molecule is COc1ccc(COCc2cn3cc(Br)ccc3n2)cc1. The molecule has 2 heterocycles. The van der Waals surface area contributed by atoms with E-state index in [1.165, 1.54) is 0 Å². The summed E-state index contributed by atoms with van der Waals surface area (Å²) in [6.45, 7) is 1.05. The summed E-state index contributed by atoms with van der Waals surface area (Å²) in [4.78, 5) is 4.51. The molecule has 0 aliphatic heterocycles. The predicted molar refractivity (Wildman–Crippen MR) is 84.4 cm³/mol. The van der Waals surface area contributed by atoms with Gasteiger partial charge in [-0.1, -0.05) is 12.1 Å². The van der Waals surface area contributed by atoms with Gasteiger partial charge in [-0.25, -0.2) is 4.98 Å². The zero-order valence-electron chi connectivity index (χ0n) is 11.6. The Bertz CT molecular complexity index is 738. The second kappa shape index (κ2) is 6.28. The maximum Gasteiger partial charge on any atom is 0.137 e. The lowest BCUT2D eigenvalue weighted by atomic mass is 10.2. The summed E-state index contributed by atoms with van der Waals surface area (Å²) in [5.74, 6) is 0.852. The fourth-order valence-electron chi connectivity index (χ4n) is 2.08. The lowest BCUT2D eigenvalue weighted by Crippen LogP contribution is -1.94. The third-order valence-electron chi connectivity index (χ3n) is 3.14. The van der Waals surface area contributed by atoms with Gasteiger partial charge in [-0.3, -0.25) is 0 Å². The normalized spacial score (nSPS) is 11.0. The molecule has 2 aromatic heterocycles. The van der Waals surface area contributed by atoms with Gasteiger partial charge in [-0.2, -0.15) is 0 Å². The topological polar surface area (TPSA) is 35.8 Å². The smallest absolute Gasteiger partial charge is 0.137 e. The minimum atomic E-state index is 0.491. The van der Waals surface area contributed by atoms with Crippen LogP contribution in [0.15, 0.2) is 53.3 Å². The number of rotatable bonds is 5. The summed E-state index contributed by atoms with van der Waals surface area (Å²) in [7, 11) is 1.66. The van der Waals surface area contributed by atoms with Crippen LogP contribution in [0.2, 0.25) is 0 Å². The van der Waals surface area contributed by atoms with Crippen molar-refractivity contribution in [3.05, 3.63) is 64.5 Å². The molecule has 0 spiro atoms. The lowest BCUT2D eigenvalue weighted by molar-refractivity contribution is 0.105. The first-order chi connectivity index (χ1) is 10.2. The highest BCUT2D eigenvalue weighted by Crippen LogP contribution is 2.14. The van der Waals surface area contributed by atoms with Crippen molar-refractivity contribution in [3.63, 3.8) is 0 Å². The zero-order chi connectivity index (χ0) is 14.7. The van der Waals surface area contributed by atoms with E-state index in [1.54, 1.807) is 7.11 Å². The van der Waals surface area contributed by atoms with Crippen LogP contribution in [0.25, 0.3) is 5.65 Å². The number of imidazole rings is 1. The largest absolute Gasteiger partial charge is 0.497 e. The molecule has 0 N–H and O–H groups in total. The summed E-state index contributed by atoms with van der Waals surface area (Å²) >= 11 is 3.45. The molecule has 0 amide bonds. The van der Waals surface area contributed by atoms with Crippen LogP contribution in [0, 0.1) is 0 Å². The molecule has 3 aromatic rings. The van der Waals surface area contributed by atoms with E-state index in [0.29, 0.717) is 13.2 Å².